The predicted molar refractivity (Wildman–Crippen MR) is 92.3 cm³/mol. The highest BCUT2D eigenvalue weighted by Crippen LogP contribution is 2.32. The predicted octanol–water partition coefficient (Wildman–Crippen LogP) is 4.93. The van der Waals surface area contributed by atoms with Gasteiger partial charge in [-0.25, -0.2) is 4.98 Å². The van der Waals surface area contributed by atoms with E-state index in [9.17, 15) is 4.79 Å². The van der Waals surface area contributed by atoms with Crippen LogP contribution in [-0.2, 0) is 11.2 Å². The third-order valence-corrected chi connectivity index (χ3v) is 4.44. The number of rotatable bonds is 3. The largest absolute Gasteiger partial charge is 0.464 e. The van der Waals surface area contributed by atoms with E-state index in [0.717, 1.165) is 27.7 Å². The second kappa shape index (κ2) is 6.22. The average Bonchev–Trinajstić information content (AvgIpc) is 2.90. The Hall–Kier alpha value is -2.04. The second-order valence-corrected chi connectivity index (χ2v) is 6.17. The summed E-state index contributed by atoms with van der Waals surface area (Å²) < 4.78 is 5.56. The number of nitrogens with one attached hydrogen (secondary N) is 1. The number of nitrogens with zero attached hydrogens (tertiary/aromatic N) is 1. The molecular formula is C17H14Cl2N2O2. The van der Waals surface area contributed by atoms with Gasteiger partial charge in [-0.15, -0.1) is 0 Å². The zero-order chi connectivity index (χ0) is 16.6. The van der Waals surface area contributed by atoms with Crippen molar-refractivity contribution in [2.24, 2.45) is 0 Å². The molecule has 0 saturated carbocycles. The number of halogens is 2. The highest BCUT2D eigenvalue weighted by molar-refractivity contribution is 6.33. The first-order valence-corrected chi connectivity index (χ1v) is 7.78. The zero-order valence-electron chi connectivity index (χ0n) is 12.6. The van der Waals surface area contributed by atoms with Crippen molar-refractivity contribution >= 4 is 45.9 Å². The molecule has 0 saturated heterocycles. The summed E-state index contributed by atoms with van der Waals surface area (Å²) in [5, 5.41) is 4.84. The number of aromatic nitrogens is 1. The van der Waals surface area contributed by atoms with Gasteiger partial charge in [0.1, 0.15) is 11.4 Å². The molecule has 6 heteroatoms. The summed E-state index contributed by atoms with van der Waals surface area (Å²) in [5.74, 6) is 0.274. The summed E-state index contributed by atoms with van der Waals surface area (Å²) in [4.78, 5) is 16.3. The van der Waals surface area contributed by atoms with Gasteiger partial charge < -0.3 is 9.73 Å². The summed E-state index contributed by atoms with van der Waals surface area (Å²) in [6.45, 7) is 3.85. The topological polar surface area (TPSA) is 55.1 Å². The number of amides is 1. The smallest absolute Gasteiger partial charge is 0.230 e. The Morgan fingerprint density at radius 2 is 2.09 bits per heavy atom. The van der Waals surface area contributed by atoms with E-state index in [1.165, 1.54) is 6.20 Å². The molecule has 4 nitrogen and oxygen atoms in total. The first-order chi connectivity index (χ1) is 11.0. The van der Waals surface area contributed by atoms with E-state index in [4.69, 9.17) is 27.6 Å². The number of aryl methyl sites for hydroxylation is 2. The lowest BCUT2D eigenvalue weighted by Crippen LogP contribution is -2.15. The Morgan fingerprint density at radius 3 is 2.78 bits per heavy atom. The number of fused-ring (bicyclic) bond motifs is 1. The molecule has 2 heterocycles. The van der Waals surface area contributed by atoms with Gasteiger partial charge in [-0.3, -0.25) is 4.79 Å². The van der Waals surface area contributed by atoms with E-state index in [0.29, 0.717) is 15.9 Å². The van der Waals surface area contributed by atoms with Gasteiger partial charge in [0.05, 0.1) is 17.7 Å². The van der Waals surface area contributed by atoms with Crippen molar-refractivity contribution < 1.29 is 9.21 Å². The fourth-order valence-corrected chi connectivity index (χ4v) is 2.81. The normalized spacial score (nSPS) is 11.0. The number of hydrogen-bond acceptors (Lipinski definition) is 3. The van der Waals surface area contributed by atoms with Crippen molar-refractivity contribution in [1.82, 2.24) is 4.98 Å². The minimum absolute atomic E-state index is 0.178. The lowest BCUT2D eigenvalue weighted by molar-refractivity contribution is -0.115. The van der Waals surface area contributed by atoms with Gasteiger partial charge in [-0.2, -0.15) is 0 Å². The molecule has 0 spiro atoms. The SMILES string of the molecule is Cc1cc2occ(CC(=O)Nc3ccc(Cl)cn3)c2c(C)c1Cl. The molecular weight excluding hydrogens is 335 g/mol. The number of carbonyl (C=O) groups excluding carboxylic acids is 1. The summed E-state index contributed by atoms with van der Waals surface area (Å²) in [6.07, 6.45) is 3.26. The van der Waals surface area contributed by atoms with Crippen molar-refractivity contribution in [3.8, 4) is 0 Å². The number of carbonyl (C=O) groups is 1. The van der Waals surface area contributed by atoms with Crippen LogP contribution in [0.4, 0.5) is 5.82 Å². The van der Waals surface area contributed by atoms with Crippen LogP contribution in [0.1, 0.15) is 16.7 Å². The number of hydrogen-bond donors (Lipinski definition) is 1. The van der Waals surface area contributed by atoms with Crippen LogP contribution in [0.5, 0.6) is 0 Å². The quantitative estimate of drug-likeness (QED) is 0.729. The van der Waals surface area contributed by atoms with Crippen molar-refractivity contribution in [2.45, 2.75) is 20.3 Å². The monoisotopic (exact) mass is 348 g/mol. The van der Waals surface area contributed by atoms with Gasteiger partial charge in [0.15, 0.2) is 0 Å². The summed E-state index contributed by atoms with van der Waals surface area (Å²) in [7, 11) is 0. The van der Waals surface area contributed by atoms with Crippen molar-refractivity contribution in [3.05, 3.63) is 57.4 Å². The van der Waals surface area contributed by atoms with Crippen LogP contribution in [-0.4, -0.2) is 10.9 Å². The Bertz CT molecular complexity index is 886. The maximum absolute atomic E-state index is 12.2. The van der Waals surface area contributed by atoms with E-state index in [1.54, 1.807) is 18.4 Å². The van der Waals surface area contributed by atoms with E-state index in [2.05, 4.69) is 10.3 Å². The van der Waals surface area contributed by atoms with Crippen molar-refractivity contribution in [2.75, 3.05) is 5.32 Å². The highest BCUT2D eigenvalue weighted by atomic mass is 35.5. The first kappa shape index (κ1) is 15.8. The Labute approximate surface area is 143 Å². The van der Waals surface area contributed by atoms with Crippen LogP contribution in [0.2, 0.25) is 10.0 Å². The van der Waals surface area contributed by atoms with Crippen LogP contribution in [0.25, 0.3) is 11.0 Å². The molecule has 1 aromatic carbocycles. The lowest BCUT2D eigenvalue weighted by atomic mass is 10.0. The molecule has 0 aliphatic heterocycles. The zero-order valence-corrected chi connectivity index (χ0v) is 14.1. The fraction of sp³-hybridized carbons (Fsp3) is 0.176. The number of pyridine rings is 1. The molecule has 0 radical (unpaired) electrons. The molecule has 1 amide bonds. The maximum Gasteiger partial charge on any atom is 0.230 e. The van der Waals surface area contributed by atoms with Gasteiger partial charge in [-0.05, 0) is 43.2 Å². The van der Waals surface area contributed by atoms with E-state index >= 15 is 0 Å². The highest BCUT2D eigenvalue weighted by Gasteiger charge is 2.16. The molecule has 0 aliphatic carbocycles. The fourth-order valence-electron chi connectivity index (χ4n) is 2.55. The lowest BCUT2D eigenvalue weighted by Gasteiger charge is -2.06. The van der Waals surface area contributed by atoms with Crippen molar-refractivity contribution in [3.63, 3.8) is 0 Å². The third kappa shape index (κ3) is 3.19. The van der Waals surface area contributed by atoms with Gasteiger partial charge in [0.2, 0.25) is 5.91 Å². The number of benzene rings is 1. The number of furan rings is 1. The standard InChI is InChI=1S/C17H14Cl2N2O2/c1-9-5-13-16(10(2)17(9)19)11(8-23-13)6-15(22)21-14-4-3-12(18)7-20-14/h3-5,7-8H,6H2,1-2H3,(H,20,21,22). The van der Waals surface area contributed by atoms with Gasteiger partial charge >= 0.3 is 0 Å². The molecule has 0 bridgehead atoms. The van der Waals surface area contributed by atoms with E-state index in [-0.39, 0.29) is 12.3 Å². The van der Waals surface area contributed by atoms with Gasteiger partial charge in [0.25, 0.3) is 0 Å². The Morgan fingerprint density at radius 1 is 1.30 bits per heavy atom. The van der Waals surface area contributed by atoms with Crippen LogP contribution < -0.4 is 5.32 Å². The summed E-state index contributed by atoms with van der Waals surface area (Å²) >= 11 is 12.1. The summed E-state index contributed by atoms with van der Waals surface area (Å²) in [5.41, 5.74) is 3.40. The molecule has 1 N–H and O–H groups in total. The van der Waals surface area contributed by atoms with Gasteiger partial charge in [0, 0.05) is 22.2 Å². The molecule has 0 fully saturated rings. The molecule has 0 aliphatic rings. The average molecular weight is 349 g/mol. The van der Waals surface area contributed by atoms with Crippen LogP contribution in [0.15, 0.2) is 35.1 Å². The maximum atomic E-state index is 12.2. The van der Waals surface area contributed by atoms with Crippen LogP contribution in [0.3, 0.4) is 0 Å². The van der Waals surface area contributed by atoms with Crippen LogP contribution >= 0.6 is 23.2 Å². The molecule has 0 atom stereocenters. The Kier molecular flexibility index (Phi) is 4.28. The molecule has 0 unspecified atom stereocenters. The minimum Gasteiger partial charge on any atom is -0.464 e. The van der Waals surface area contributed by atoms with Crippen molar-refractivity contribution in [1.29, 1.82) is 0 Å². The number of anilines is 1. The minimum atomic E-state index is -0.182. The molecule has 3 aromatic rings. The molecule has 118 valence electrons. The first-order valence-electron chi connectivity index (χ1n) is 7.03. The van der Waals surface area contributed by atoms with E-state index < -0.39 is 0 Å². The van der Waals surface area contributed by atoms with E-state index in [1.807, 2.05) is 19.9 Å². The van der Waals surface area contributed by atoms with Crippen LogP contribution in [0, 0.1) is 13.8 Å². The molecule has 2 aromatic heterocycles. The third-order valence-electron chi connectivity index (χ3n) is 3.64. The second-order valence-electron chi connectivity index (χ2n) is 5.35. The molecule has 3 rings (SSSR count). The summed E-state index contributed by atoms with van der Waals surface area (Å²) in [6, 6.07) is 5.20. The van der Waals surface area contributed by atoms with Gasteiger partial charge in [-0.1, -0.05) is 23.2 Å². The Balaban J connectivity index is 1.85. The molecule has 23 heavy (non-hydrogen) atoms.